The lowest BCUT2D eigenvalue weighted by Crippen LogP contribution is -1.88. The van der Waals surface area contributed by atoms with Crippen molar-refractivity contribution >= 4 is 65.3 Å². The van der Waals surface area contributed by atoms with Crippen LogP contribution in [-0.2, 0) is 6.42 Å². The number of hydrogen-bond acceptors (Lipinski definition) is 4. The Morgan fingerprint density at radius 1 is 0.667 bits per heavy atom. The predicted molar refractivity (Wildman–Crippen MR) is 160 cm³/mol. The van der Waals surface area contributed by atoms with Crippen LogP contribution in [0.4, 0.5) is 0 Å². The van der Waals surface area contributed by atoms with Crippen molar-refractivity contribution in [2.75, 3.05) is 0 Å². The minimum Gasteiger partial charge on any atom is -0.341 e. The summed E-state index contributed by atoms with van der Waals surface area (Å²) in [6, 6.07) is 19.6. The Balaban J connectivity index is 1.41. The molecule has 0 atom stereocenters. The maximum atomic E-state index is 4.96. The van der Waals surface area contributed by atoms with Gasteiger partial charge < -0.3 is 9.97 Å². The maximum absolute atomic E-state index is 4.96. The second kappa shape index (κ2) is 8.08. The number of aromatic nitrogens is 6. The SMILES string of the molecule is CCc1nc2c3cnccc3c3cc(-c4ccc5c(c4)c4ncccc4c4nc(C(C)C)[nH]c54)ccc3c2[nH]1. The number of aryl methyl sites for hydroxylation is 1. The van der Waals surface area contributed by atoms with E-state index in [1.165, 1.54) is 10.8 Å². The average molecular weight is 507 g/mol. The minimum absolute atomic E-state index is 0.316. The van der Waals surface area contributed by atoms with Gasteiger partial charge in [0.25, 0.3) is 0 Å². The van der Waals surface area contributed by atoms with Gasteiger partial charge in [-0.15, -0.1) is 0 Å². The summed E-state index contributed by atoms with van der Waals surface area (Å²) in [6.45, 7) is 6.45. The number of imidazole rings is 2. The molecule has 0 radical (unpaired) electrons. The highest BCUT2D eigenvalue weighted by Crippen LogP contribution is 2.39. The van der Waals surface area contributed by atoms with E-state index in [4.69, 9.17) is 15.0 Å². The molecule has 6 heteroatoms. The average Bonchev–Trinajstić information content (AvgIpc) is 3.63. The zero-order valence-corrected chi connectivity index (χ0v) is 22.0. The molecule has 4 aromatic carbocycles. The van der Waals surface area contributed by atoms with Gasteiger partial charge in [-0.3, -0.25) is 9.97 Å². The highest BCUT2D eigenvalue weighted by Gasteiger charge is 2.17. The van der Waals surface area contributed by atoms with Crippen molar-refractivity contribution in [1.82, 2.24) is 29.9 Å². The molecule has 8 aromatic rings. The minimum atomic E-state index is 0.316. The normalized spacial score (nSPS) is 12.3. The van der Waals surface area contributed by atoms with Crippen LogP contribution in [0, 0.1) is 0 Å². The number of nitrogens with zero attached hydrogens (tertiary/aromatic N) is 4. The number of H-pyrrole nitrogens is 2. The molecule has 0 aliphatic rings. The number of nitrogens with one attached hydrogen (secondary N) is 2. The molecule has 4 heterocycles. The molecule has 8 rings (SSSR count). The monoisotopic (exact) mass is 506 g/mol. The van der Waals surface area contributed by atoms with E-state index in [0.29, 0.717) is 5.92 Å². The Morgan fingerprint density at radius 2 is 1.41 bits per heavy atom. The van der Waals surface area contributed by atoms with Crippen molar-refractivity contribution in [1.29, 1.82) is 0 Å². The summed E-state index contributed by atoms with van der Waals surface area (Å²) >= 11 is 0. The number of benzene rings is 4. The summed E-state index contributed by atoms with van der Waals surface area (Å²) in [6.07, 6.45) is 6.52. The first-order valence-electron chi connectivity index (χ1n) is 13.5. The number of fused-ring (bicyclic) bond motifs is 12. The van der Waals surface area contributed by atoms with Gasteiger partial charge in [-0.1, -0.05) is 45.0 Å². The third-order valence-corrected chi connectivity index (χ3v) is 7.95. The zero-order chi connectivity index (χ0) is 26.2. The van der Waals surface area contributed by atoms with Gasteiger partial charge in [0.15, 0.2) is 0 Å². The van der Waals surface area contributed by atoms with E-state index < -0.39 is 0 Å². The maximum Gasteiger partial charge on any atom is 0.109 e. The van der Waals surface area contributed by atoms with Gasteiger partial charge >= 0.3 is 0 Å². The molecule has 188 valence electrons. The van der Waals surface area contributed by atoms with Gasteiger partial charge in [-0.25, -0.2) is 9.97 Å². The van der Waals surface area contributed by atoms with Crippen molar-refractivity contribution < 1.29 is 0 Å². The molecule has 0 bridgehead atoms. The predicted octanol–water partition coefficient (Wildman–Crippen LogP) is 8.19. The van der Waals surface area contributed by atoms with Crippen LogP contribution in [0.15, 0.2) is 73.2 Å². The number of rotatable bonds is 3. The summed E-state index contributed by atoms with van der Waals surface area (Å²) in [5, 5.41) is 7.94. The van der Waals surface area contributed by atoms with Crippen LogP contribution in [0.3, 0.4) is 0 Å². The van der Waals surface area contributed by atoms with E-state index in [9.17, 15) is 0 Å². The molecule has 0 spiro atoms. The van der Waals surface area contributed by atoms with Gasteiger partial charge in [-0.2, -0.15) is 0 Å². The first-order valence-corrected chi connectivity index (χ1v) is 13.5. The van der Waals surface area contributed by atoms with Gasteiger partial charge in [0.1, 0.15) is 11.6 Å². The van der Waals surface area contributed by atoms with Gasteiger partial charge in [0.05, 0.1) is 27.6 Å². The molecule has 0 aliphatic heterocycles. The standard InChI is InChI=1S/C33H26N6/c1-4-27-36-29-21-9-7-18(14-24(21)20-11-13-34-16-26(20)32(29)37-27)19-8-10-22-25(15-19)28-23(6-5-12-35-28)31-30(22)38-33(39-31)17(2)3/h5-17H,4H2,1-3H3,(H,36,37)(H,38,39). The van der Waals surface area contributed by atoms with Crippen molar-refractivity contribution in [3.63, 3.8) is 0 Å². The van der Waals surface area contributed by atoms with E-state index in [1.54, 1.807) is 0 Å². The highest BCUT2D eigenvalue weighted by molar-refractivity contribution is 6.24. The lowest BCUT2D eigenvalue weighted by Gasteiger charge is -2.11. The highest BCUT2D eigenvalue weighted by atomic mass is 14.9. The lowest BCUT2D eigenvalue weighted by atomic mass is 9.94. The number of aromatic amines is 2. The molecule has 0 fully saturated rings. The van der Waals surface area contributed by atoms with Crippen molar-refractivity contribution in [3.05, 3.63) is 84.8 Å². The van der Waals surface area contributed by atoms with E-state index >= 15 is 0 Å². The van der Waals surface area contributed by atoms with Gasteiger partial charge in [-0.05, 0) is 52.2 Å². The van der Waals surface area contributed by atoms with E-state index in [0.717, 1.165) is 83.7 Å². The number of hydrogen-bond donors (Lipinski definition) is 2. The zero-order valence-electron chi connectivity index (χ0n) is 22.0. The first-order chi connectivity index (χ1) is 19.1. The Labute approximate surface area is 224 Å². The van der Waals surface area contributed by atoms with Crippen LogP contribution in [0.25, 0.3) is 76.4 Å². The Hall–Kier alpha value is -4.84. The molecule has 0 unspecified atom stereocenters. The lowest BCUT2D eigenvalue weighted by molar-refractivity contribution is 0.799. The fourth-order valence-corrected chi connectivity index (χ4v) is 5.97. The summed E-state index contributed by atoms with van der Waals surface area (Å²) in [5.41, 5.74) is 7.42. The Morgan fingerprint density at radius 3 is 2.21 bits per heavy atom. The van der Waals surface area contributed by atoms with Crippen molar-refractivity contribution in [2.24, 2.45) is 0 Å². The molecule has 6 nitrogen and oxygen atoms in total. The van der Waals surface area contributed by atoms with Crippen LogP contribution in [0.2, 0.25) is 0 Å². The van der Waals surface area contributed by atoms with Crippen LogP contribution in [0.5, 0.6) is 0 Å². The molecule has 0 saturated carbocycles. The fraction of sp³-hybridized carbons (Fsp3) is 0.152. The molecule has 0 amide bonds. The smallest absolute Gasteiger partial charge is 0.109 e. The van der Waals surface area contributed by atoms with Gasteiger partial charge in [0, 0.05) is 57.9 Å². The summed E-state index contributed by atoms with van der Waals surface area (Å²) in [7, 11) is 0. The largest absolute Gasteiger partial charge is 0.341 e. The molecule has 4 aromatic heterocycles. The van der Waals surface area contributed by atoms with Crippen LogP contribution in [-0.4, -0.2) is 29.9 Å². The Bertz CT molecular complexity index is 2250. The van der Waals surface area contributed by atoms with Crippen molar-refractivity contribution in [3.8, 4) is 11.1 Å². The first kappa shape index (κ1) is 22.2. The topological polar surface area (TPSA) is 83.1 Å². The molecule has 2 N–H and O–H groups in total. The second-order valence-corrected chi connectivity index (χ2v) is 10.6. The van der Waals surface area contributed by atoms with Crippen LogP contribution < -0.4 is 0 Å². The third kappa shape index (κ3) is 3.15. The fourth-order valence-electron chi connectivity index (χ4n) is 5.97. The van der Waals surface area contributed by atoms with E-state index in [-0.39, 0.29) is 0 Å². The quantitative estimate of drug-likeness (QED) is 0.237. The van der Waals surface area contributed by atoms with Crippen molar-refractivity contribution in [2.45, 2.75) is 33.1 Å². The molecular weight excluding hydrogens is 480 g/mol. The Kier molecular flexibility index (Phi) is 4.59. The van der Waals surface area contributed by atoms with E-state index in [2.05, 4.69) is 84.3 Å². The molecule has 39 heavy (non-hydrogen) atoms. The molecule has 0 saturated heterocycles. The van der Waals surface area contributed by atoms with Crippen LogP contribution >= 0.6 is 0 Å². The van der Waals surface area contributed by atoms with Crippen LogP contribution in [0.1, 0.15) is 38.3 Å². The summed E-state index contributed by atoms with van der Waals surface area (Å²) in [4.78, 5) is 26.2. The summed E-state index contributed by atoms with van der Waals surface area (Å²) in [5.74, 6) is 2.31. The second-order valence-electron chi connectivity index (χ2n) is 10.6. The summed E-state index contributed by atoms with van der Waals surface area (Å²) < 4.78 is 0. The molecular formula is C33H26N6. The third-order valence-electron chi connectivity index (χ3n) is 7.95. The number of pyridine rings is 2. The molecule has 0 aliphatic carbocycles. The van der Waals surface area contributed by atoms with E-state index in [1.807, 2.05) is 24.7 Å². The van der Waals surface area contributed by atoms with Gasteiger partial charge in [0.2, 0.25) is 0 Å².